The topological polar surface area (TPSA) is 69.7 Å². The van der Waals surface area contributed by atoms with Crippen LogP contribution in [0.3, 0.4) is 0 Å². The van der Waals surface area contributed by atoms with Crippen molar-refractivity contribution in [2.45, 2.75) is 38.3 Å². The minimum Gasteiger partial charge on any atom is -0.339 e. The van der Waals surface area contributed by atoms with E-state index in [-0.39, 0.29) is 29.7 Å². The third-order valence-corrected chi connectivity index (χ3v) is 6.09. The molecule has 4 rings (SSSR count). The first-order valence-electron chi connectivity index (χ1n) is 10.5. The van der Waals surface area contributed by atoms with Crippen LogP contribution >= 0.6 is 0 Å². The molecular weight excluding hydrogens is 378 g/mol. The van der Waals surface area contributed by atoms with Gasteiger partial charge in [-0.2, -0.15) is 0 Å². The number of nitrogens with zero attached hydrogens (tertiary/aromatic N) is 2. The highest BCUT2D eigenvalue weighted by Crippen LogP contribution is 2.34. The molecule has 0 aromatic heterocycles. The van der Waals surface area contributed by atoms with Gasteiger partial charge in [0, 0.05) is 37.3 Å². The van der Waals surface area contributed by atoms with Gasteiger partial charge in [0.2, 0.25) is 11.8 Å². The molecule has 2 atom stereocenters. The van der Waals surface area contributed by atoms with E-state index in [9.17, 15) is 14.4 Å². The van der Waals surface area contributed by atoms with Crippen LogP contribution < -0.4 is 5.32 Å². The Morgan fingerprint density at radius 1 is 1.10 bits per heavy atom. The number of benzene rings is 2. The Bertz CT molecular complexity index is 955. The van der Waals surface area contributed by atoms with E-state index in [4.69, 9.17) is 0 Å². The fourth-order valence-corrected chi connectivity index (χ4v) is 4.01. The van der Waals surface area contributed by atoms with Crippen LogP contribution in [0.1, 0.15) is 48.1 Å². The average Bonchev–Trinajstić information content (AvgIpc) is 3.54. The molecule has 1 saturated heterocycles. The number of nitrogens with one attached hydrogen (secondary N) is 1. The Morgan fingerprint density at radius 3 is 2.53 bits per heavy atom. The fourth-order valence-electron chi connectivity index (χ4n) is 4.01. The predicted molar refractivity (Wildman–Crippen MR) is 115 cm³/mol. The van der Waals surface area contributed by atoms with Crippen molar-refractivity contribution in [3.8, 4) is 0 Å². The lowest BCUT2D eigenvalue weighted by atomic mass is 10.0. The maximum atomic E-state index is 13.0. The van der Waals surface area contributed by atoms with Gasteiger partial charge in [-0.1, -0.05) is 30.3 Å². The second kappa shape index (κ2) is 8.30. The largest absolute Gasteiger partial charge is 0.339 e. The van der Waals surface area contributed by atoms with E-state index in [2.05, 4.69) is 5.32 Å². The zero-order valence-corrected chi connectivity index (χ0v) is 17.4. The van der Waals surface area contributed by atoms with Gasteiger partial charge in [0.1, 0.15) is 0 Å². The Kier molecular flexibility index (Phi) is 5.57. The van der Waals surface area contributed by atoms with Gasteiger partial charge in [-0.05, 0) is 49.6 Å². The summed E-state index contributed by atoms with van der Waals surface area (Å²) in [5.74, 6) is -0.346. The standard InChI is InChI=1S/C24H27N3O3/c1-16(26(2)24(30)19-14-22(28)27(15-19)21-11-12-21)18-9-6-10-20(13-18)25-23(29)17-7-4-3-5-8-17/h3-10,13,16,19,21H,11-12,14-15H2,1-2H3,(H,25,29)/t16-,19+/m1/s1. The molecule has 2 aliphatic rings. The zero-order valence-electron chi connectivity index (χ0n) is 17.4. The molecule has 2 aromatic rings. The van der Waals surface area contributed by atoms with E-state index in [1.165, 1.54) is 0 Å². The van der Waals surface area contributed by atoms with Crippen LogP contribution in [0.2, 0.25) is 0 Å². The molecule has 1 aliphatic carbocycles. The SMILES string of the molecule is C[C@H](c1cccc(NC(=O)c2ccccc2)c1)N(C)C(=O)[C@H]1CC(=O)N(C2CC2)C1. The second-order valence-electron chi connectivity index (χ2n) is 8.25. The smallest absolute Gasteiger partial charge is 0.255 e. The van der Waals surface area contributed by atoms with Gasteiger partial charge < -0.3 is 15.1 Å². The molecule has 1 aliphatic heterocycles. The molecule has 0 spiro atoms. The lowest BCUT2D eigenvalue weighted by molar-refractivity contribution is -0.136. The predicted octanol–water partition coefficient (Wildman–Crippen LogP) is 3.47. The molecule has 6 heteroatoms. The van der Waals surface area contributed by atoms with E-state index < -0.39 is 0 Å². The summed E-state index contributed by atoms with van der Waals surface area (Å²) in [6, 6.07) is 16.8. The molecule has 0 unspecified atom stereocenters. The number of hydrogen-bond acceptors (Lipinski definition) is 3. The minimum atomic E-state index is -0.272. The Hall–Kier alpha value is -3.15. The van der Waals surface area contributed by atoms with Crippen LogP contribution in [-0.4, -0.2) is 47.2 Å². The van der Waals surface area contributed by atoms with Gasteiger partial charge in [0.05, 0.1) is 12.0 Å². The molecule has 0 radical (unpaired) electrons. The summed E-state index contributed by atoms with van der Waals surface area (Å²) in [6.45, 7) is 2.50. The molecule has 0 bridgehead atoms. The summed E-state index contributed by atoms with van der Waals surface area (Å²) in [4.78, 5) is 41.2. The van der Waals surface area contributed by atoms with Gasteiger partial charge >= 0.3 is 0 Å². The Balaban J connectivity index is 1.42. The maximum Gasteiger partial charge on any atom is 0.255 e. The van der Waals surface area contributed by atoms with Crippen LogP contribution in [0.15, 0.2) is 54.6 Å². The summed E-state index contributed by atoms with van der Waals surface area (Å²) in [5.41, 5.74) is 2.21. The molecule has 1 N–H and O–H groups in total. The zero-order chi connectivity index (χ0) is 21.3. The molecule has 30 heavy (non-hydrogen) atoms. The van der Waals surface area contributed by atoms with Crippen LogP contribution in [0.4, 0.5) is 5.69 Å². The van der Waals surface area contributed by atoms with Crippen molar-refractivity contribution in [3.05, 3.63) is 65.7 Å². The summed E-state index contributed by atoms with van der Waals surface area (Å²) >= 11 is 0. The Labute approximate surface area is 176 Å². The van der Waals surface area contributed by atoms with Crippen molar-refractivity contribution < 1.29 is 14.4 Å². The fraction of sp³-hybridized carbons (Fsp3) is 0.375. The van der Waals surface area contributed by atoms with Gasteiger partial charge in [-0.25, -0.2) is 0 Å². The lowest BCUT2D eigenvalue weighted by Crippen LogP contribution is -2.36. The summed E-state index contributed by atoms with van der Waals surface area (Å²) in [5, 5.41) is 2.91. The second-order valence-corrected chi connectivity index (χ2v) is 8.25. The minimum absolute atomic E-state index is 0.00211. The molecule has 1 saturated carbocycles. The quantitative estimate of drug-likeness (QED) is 0.800. The Morgan fingerprint density at radius 2 is 1.83 bits per heavy atom. The van der Waals surface area contributed by atoms with E-state index in [0.29, 0.717) is 30.3 Å². The van der Waals surface area contributed by atoms with Crippen molar-refractivity contribution in [2.24, 2.45) is 5.92 Å². The lowest BCUT2D eigenvalue weighted by Gasteiger charge is -2.28. The van der Waals surface area contributed by atoms with Crippen molar-refractivity contribution in [2.75, 3.05) is 18.9 Å². The molecule has 156 valence electrons. The van der Waals surface area contributed by atoms with Crippen molar-refractivity contribution in [3.63, 3.8) is 0 Å². The first kappa shape index (κ1) is 20.1. The number of likely N-dealkylation sites (tertiary alicyclic amines) is 1. The molecular formula is C24H27N3O3. The highest BCUT2D eigenvalue weighted by molar-refractivity contribution is 6.04. The summed E-state index contributed by atoms with van der Waals surface area (Å²) in [7, 11) is 1.78. The third kappa shape index (κ3) is 4.22. The molecule has 3 amide bonds. The van der Waals surface area contributed by atoms with Crippen LogP contribution in [-0.2, 0) is 9.59 Å². The number of rotatable bonds is 6. The average molecular weight is 405 g/mol. The van der Waals surface area contributed by atoms with Crippen molar-refractivity contribution in [1.29, 1.82) is 0 Å². The van der Waals surface area contributed by atoms with Gasteiger partial charge in [-0.3, -0.25) is 14.4 Å². The number of amides is 3. The third-order valence-electron chi connectivity index (χ3n) is 6.09. The van der Waals surface area contributed by atoms with Crippen LogP contribution in [0.5, 0.6) is 0 Å². The van der Waals surface area contributed by atoms with Crippen LogP contribution in [0, 0.1) is 5.92 Å². The van der Waals surface area contributed by atoms with Crippen molar-refractivity contribution >= 4 is 23.4 Å². The van der Waals surface area contributed by atoms with Crippen molar-refractivity contribution in [1.82, 2.24) is 9.80 Å². The number of carbonyl (C=O) groups is 3. The van der Waals surface area contributed by atoms with Gasteiger partial charge in [0.15, 0.2) is 0 Å². The highest BCUT2D eigenvalue weighted by Gasteiger charge is 2.42. The highest BCUT2D eigenvalue weighted by atomic mass is 16.2. The van der Waals surface area contributed by atoms with E-state index in [0.717, 1.165) is 18.4 Å². The molecule has 1 heterocycles. The molecule has 2 aromatic carbocycles. The number of anilines is 1. The molecule has 6 nitrogen and oxygen atoms in total. The first-order valence-corrected chi connectivity index (χ1v) is 10.5. The van der Waals surface area contributed by atoms with Crippen LogP contribution in [0.25, 0.3) is 0 Å². The number of carbonyl (C=O) groups excluding carboxylic acids is 3. The maximum absolute atomic E-state index is 13.0. The van der Waals surface area contributed by atoms with E-state index in [1.807, 2.05) is 54.3 Å². The number of hydrogen-bond donors (Lipinski definition) is 1. The normalized spacial score (nSPS) is 19.5. The summed E-state index contributed by atoms with van der Waals surface area (Å²) < 4.78 is 0. The molecule has 2 fully saturated rings. The monoisotopic (exact) mass is 405 g/mol. The van der Waals surface area contributed by atoms with Gasteiger partial charge in [0.25, 0.3) is 5.91 Å². The summed E-state index contributed by atoms with van der Waals surface area (Å²) in [6.07, 6.45) is 2.42. The van der Waals surface area contributed by atoms with E-state index in [1.54, 1.807) is 24.1 Å². The van der Waals surface area contributed by atoms with Gasteiger partial charge in [-0.15, -0.1) is 0 Å². The van der Waals surface area contributed by atoms with E-state index >= 15 is 0 Å². The first-order chi connectivity index (χ1) is 14.4.